The molecule has 7 heteroatoms. The summed E-state index contributed by atoms with van der Waals surface area (Å²) >= 11 is 0. The highest BCUT2D eigenvalue weighted by atomic mass is 16.5. The summed E-state index contributed by atoms with van der Waals surface area (Å²) in [5.74, 6) is 0.620. The number of benzene rings is 2. The molecular formula is C29H30N4O3. The molecule has 1 aliphatic carbocycles. The van der Waals surface area contributed by atoms with Gasteiger partial charge in [-0.2, -0.15) is 9.78 Å². The van der Waals surface area contributed by atoms with Crippen LogP contribution in [0.25, 0.3) is 16.6 Å². The van der Waals surface area contributed by atoms with E-state index < -0.39 is 0 Å². The Bertz CT molecular complexity index is 1510. The Morgan fingerprint density at radius 2 is 1.78 bits per heavy atom. The predicted molar refractivity (Wildman–Crippen MR) is 141 cm³/mol. The molecule has 1 saturated carbocycles. The number of hydrogen-bond acceptors (Lipinski definition) is 5. The average molecular weight is 483 g/mol. The van der Waals surface area contributed by atoms with E-state index in [0.29, 0.717) is 10.9 Å². The first-order valence-electron chi connectivity index (χ1n) is 12.4. The molecular weight excluding hydrogens is 452 g/mol. The molecule has 0 amide bonds. The Morgan fingerprint density at radius 1 is 1.06 bits per heavy atom. The van der Waals surface area contributed by atoms with Crippen molar-refractivity contribution in [2.24, 2.45) is 5.10 Å². The maximum atomic E-state index is 13.5. The molecule has 0 bridgehead atoms. The van der Waals surface area contributed by atoms with Crippen molar-refractivity contribution in [2.45, 2.75) is 51.9 Å². The minimum atomic E-state index is -0.362. The summed E-state index contributed by atoms with van der Waals surface area (Å²) in [5.41, 5.74) is 4.96. The van der Waals surface area contributed by atoms with E-state index in [1.807, 2.05) is 56.3 Å². The minimum absolute atomic E-state index is 0.135. The standard InChI is InChI=1S/C29H30N4O3/c1-19-17-23(20(2)32(19)24-15-13-22(14-16-24)29(35)36-3)18-30-33-27(21-9-5-4-6-10-21)31-26-12-8-7-11-25(26)28(33)34/h7-8,11-18,21H,4-6,9-10H2,1-3H3. The molecule has 0 radical (unpaired) electrons. The Morgan fingerprint density at radius 3 is 2.50 bits per heavy atom. The van der Waals surface area contributed by atoms with Crippen molar-refractivity contribution in [1.29, 1.82) is 0 Å². The lowest BCUT2D eigenvalue weighted by molar-refractivity contribution is 0.0600. The van der Waals surface area contributed by atoms with E-state index in [2.05, 4.69) is 4.57 Å². The first-order chi connectivity index (χ1) is 17.5. The number of ether oxygens (including phenoxy) is 1. The van der Waals surface area contributed by atoms with Crippen molar-refractivity contribution < 1.29 is 9.53 Å². The first-order valence-corrected chi connectivity index (χ1v) is 12.4. The van der Waals surface area contributed by atoms with Crippen LogP contribution in [0.1, 0.15) is 71.2 Å². The van der Waals surface area contributed by atoms with Gasteiger partial charge in [0.2, 0.25) is 0 Å². The molecule has 184 valence electrons. The number of aryl methyl sites for hydroxylation is 1. The quantitative estimate of drug-likeness (QED) is 0.277. The fourth-order valence-corrected chi connectivity index (χ4v) is 5.18. The monoisotopic (exact) mass is 482 g/mol. The van der Waals surface area contributed by atoms with E-state index in [0.717, 1.165) is 59.7 Å². The van der Waals surface area contributed by atoms with Crippen molar-refractivity contribution in [3.05, 3.63) is 93.3 Å². The number of esters is 1. The van der Waals surface area contributed by atoms with Crippen LogP contribution in [0.15, 0.2) is 64.5 Å². The Labute approximate surface area is 210 Å². The van der Waals surface area contributed by atoms with Gasteiger partial charge in [0.1, 0.15) is 5.82 Å². The lowest BCUT2D eigenvalue weighted by Crippen LogP contribution is -2.25. The van der Waals surface area contributed by atoms with E-state index in [1.165, 1.54) is 18.2 Å². The molecule has 2 aromatic carbocycles. The van der Waals surface area contributed by atoms with Crippen molar-refractivity contribution in [3.63, 3.8) is 0 Å². The number of carbonyl (C=O) groups is 1. The van der Waals surface area contributed by atoms with Gasteiger partial charge in [-0.1, -0.05) is 31.4 Å². The lowest BCUT2D eigenvalue weighted by Gasteiger charge is -2.22. The number of fused-ring (bicyclic) bond motifs is 1. The molecule has 0 spiro atoms. The van der Waals surface area contributed by atoms with Crippen molar-refractivity contribution >= 4 is 23.1 Å². The average Bonchev–Trinajstić information content (AvgIpc) is 3.20. The second-order valence-corrected chi connectivity index (χ2v) is 9.38. The van der Waals surface area contributed by atoms with Gasteiger partial charge in [0.05, 0.1) is 29.8 Å². The number of rotatable bonds is 5. The Kier molecular flexibility index (Phi) is 6.55. The highest BCUT2D eigenvalue weighted by Crippen LogP contribution is 2.32. The number of methoxy groups -OCH3 is 1. The second kappa shape index (κ2) is 9.93. The summed E-state index contributed by atoms with van der Waals surface area (Å²) in [6.07, 6.45) is 7.32. The van der Waals surface area contributed by atoms with Crippen LogP contribution in [-0.2, 0) is 4.74 Å². The van der Waals surface area contributed by atoms with E-state index in [1.54, 1.807) is 18.3 Å². The first kappa shape index (κ1) is 23.7. The van der Waals surface area contributed by atoms with Crippen LogP contribution in [0.4, 0.5) is 0 Å². The third-order valence-electron chi connectivity index (χ3n) is 7.08. The molecule has 0 N–H and O–H groups in total. The summed E-state index contributed by atoms with van der Waals surface area (Å²) in [5, 5.41) is 5.28. The molecule has 1 aliphatic rings. The number of para-hydroxylation sites is 1. The summed E-state index contributed by atoms with van der Waals surface area (Å²) < 4.78 is 8.41. The Hall–Kier alpha value is -4.00. The van der Waals surface area contributed by atoms with Gasteiger partial charge in [0.25, 0.3) is 5.56 Å². The van der Waals surface area contributed by atoms with Gasteiger partial charge in [-0.3, -0.25) is 4.79 Å². The largest absolute Gasteiger partial charge is 0.465 e. The highest BCUT2D eigenvalue weighted by Gasteiger charge is 2.22. The molecule has 4 aromatic rings. The number of hydrogen-bond donors (Lipinski definition) is 0. The van der Waals surface area contributed by atoms with Crippen molar-refractivity contribution in [2.75, 3.05) is 7.11 Å². The van der Waals surface area contributed by atoms with Gasteiger partial charge in [-0.25, -0.2) is 9.78 Å². The van der Waals surface area contributed by atoms with Crippen LogP contribution in [-0.4, -0.2) is 33.5 Å². The summed E-state index contributed by atoms with van der Waals surface area (Å²) in [7, 11) is 1.37. The van der Waals surface area contributed by atoms with Gasteiger partial charge < -0.3 is 9.30 Å². The van der Waals surface area contributed by atoms with Crippen LogP contribution >= 0.6 is 0 Å². The van der Waals surface area contributed by atoms with Crippen LogP contribution in [0.3, 0.4) is 0 Å². The molecule has 0 atom stereocenters. The van der Waals surface area contributed by atoms with Crippen LogP contribution in [0.5, 0.6) is 0 Å². The van der Waals surface area contributed by atoms with Gasteiger partial charge in [-0.15, -0.1) is 0 Å². The smallest absolute Gasteiger partial charge is 0.337 e. The van der Waals surface area contributed by atoms with E-state index in [4.69, 9.17) is 14.8 Å². The molecule has 1 fully saturated rings. The Balaban J connectivity index is 1.55. The number of nitrogens with zero attached hydrogens (tertiary/aromatic N) is 4. The van der Waals surface area contributed by atoms with Gasteiger partial charge in [0.15, 0.2) is 0 Å². The maximum absolute atomic E-state index is 13.5. The van der Waals surface area contributed by atoms with Crippen LogP contribution in [0.2, 0.25) is 0 Å². The van der Waals surface area contributed by atoms with Crippen molar-refractivity contribution in [1.82, 2.24) is 14.2 Å². The third kappa shape index (κ3) is 4.37. The summed E-state index contributed by atoms with van der Waals surface area (Å²) in [6.45, 7) is 4.04. The SMILES string of the molecule is COC(=O)c1ccc(-n2c(C)cc(C=Nn3c(C4CCCCC4)nc4ccccc4c3=O)c2C)cc1. The fourth-order valence-electron chi connectivity index (χ4n) is 5.18. The third-order valence-corrected chi connectivity index (χ3v) is 7.08. The normalized spacial score (nSPS) is 14.5. The molecule has 5 rings (SSSR count). The summed E-state index contributed by atoms with van der Waals surface area (Å²) in [6, 6.07) is 16.8. The number of carbonyl (C=O) groups excluding carboxylic acids is 1. The molecule has 2 heterocycles. The predicted octanol–water partition coefficient (Wildman–Crippen LogP) is 5.52. The topological polar surface area (TPSA) is 78.5 Å². The zero-order chi connectivity index (χ0) is 25.2. The molecule has 0 saturated heterocycles. The van der Waals surface area contributed by atoms with E-state index in [-0.39, 0.29) is 17.4 Å². The van der Waals surface area contributed by atoms with Gasteiger partial charge in [0, 0.05) is 28.6 Å². The second-order valence-electron chi connectivity index (χ2n) is 9.38. The minimum Gasteiger partial charge on any atom is -0.465 e. The number of aromatic nitrogens is 3. The lowest BCUT2D eigenvalue weighted by atomic mass is 9.88. The van der Waals surface area contributed by atoms with E-state index >= 15 is 0 Å². The molecule has 0 unspecified atom stereocenters. The molecule has 0 aliphatic heterocycles. The van der Waals surface area contributed by atoms with Crippen molar-refractivity contribution in [3.8, 4) is 5.69 Å². The van der Waals surface area contributed by atoms with Crippen LogP contribution in [0, 0.1) is 13.8 Å². The van der Waals surface area contributed by atoms with E-state index in [9.17, 15) is 9.59 Å². The van der Waals surface area contributed by atoms with Crippen LogP contribution < -0.4 is 5.56 Å². The van der Waals surface area contributed by atoms with Gasteiger partial charge in [-0.05, 0) is 69.2 Å². The maximum Gasteiger partial charge on any atom is 0.337 e. The zero-order valence-corrected chi connectivity index (χ0v) is 20.9. The highest BCUT2D eigenvalue weighted by molar-refractivity contribution is 5.89. The fraction of sp³-hybridized carbons (Fsp3) is 0.310. The molecule has 36 heavy (non-hydrogen) atoms. The molecule has 7 nitrogen and oxygen atoms in total. The molecule has 2 aromatic heterocycles. The zero-order valence-electron chi connectivity index (χ0n) is 20.9. The van der Waals surface area contributed by atoms with Gasteiger partial charge >= 0.3 is 5.97 Å². The summed E-state index contributed by atoms with van der Waals surface area (Å²) in [4.78, 5) is 30.2.